The summed E-state index contributed by atoms with van der Waals surface area (Å²) in [5.41, 5.74) is 4.52. The summed E-state index contributed by atoms with van der Waals surface area (Å²) >= 11 is 0. The third-order valence-corrected chi connectivity index (χ3v) is 8.59. The first-order chi connectivity index (χ1) is 17.3. The molecule has 0 aliphatic carbocycles. The molecule has 0 bridgehead atoms. The van der Waals surface area contributed by atoms with Gasteiger partial charge in [0, 0.05) is 5.39 Å². The minimum atomic E-state index is -5.30. The summed E-state index contributed by atoms with van der Waals surface area (Å²) in [4.78, 5) is -2.26. The molecular formula is C18H15N3Na3O13S4+. The van der Waals surface area contributed by atoms with Gasteiger partial charge in [0.25, 0.3) is 0 Å². The van der Waals surface area contributed by atoms with Gasteiger partial charge in [-0.05, 0) is 47.9 Å². The number of aromatic hydroxyl groups is 1. The van der Waals surface area contributed by atoms with Crippen molar-refractivity contribution in [1.82, 2.24) is 0 Å². The van der Waals surface area contributed by atoms with Crippen molar-refractivity contribution in [2.45, 2.75) is 14.7 Å². The summed E-state index contributed by atoms with van der Waals surface area (Å²) in [5.74, 6) is -1.63. The van der Waals surface area contributed by atoms with Crippen LogP contribution in [0.4, 0.5) is 17.1 Å². The maximum Gasteiger partial charge on any atom is 1.00 e. The first-order valence-corrected chi connectivity index (χ1v) is 15.5. The molecule has 0 aliphatic rings. The van der Waals surface area contributed by atoms with Gasteiger partial charge in [-0.15, -0.1) is 5.11 Å². The number of fused-ring (bicyclic) bond motifs is 1. The predicted molar refractivity (Wildman–Crippen MR) is 126 cm³/mol. The van der Waals surface area contributed by atoms with Crippen LogP contribution in [0.1, 0.15) is 0 Å². The van der Waals surface area contributed by atoms with Gasteiger partial charge in [0.1, 0.15) is 31.7 Å². The smallest absolute Gasteiger partial charge is 0.744 e. The molecule has 23 heteroatoms. The van der Waals surface area contributed by atoms with Crippen LogP contribution in [0.2, 0.25) is 0 Å². The maximum atomic E-state index is 12.2. The Hall–Kier alpha value is -0.240. The standard InChI is InChI=1S/C18H17N3O13S4.3Na/c19-17-16-10(7-13(9-14(16)22)36(25,26)27)8-15(37(28,29)30)18(17)21-20-11-1-3-12(4-2-11)35(23,24)6-5-34-38(31,32)33;;;/h1-4,7-9,22H,5-6,19H2,(H,25,26,27)(H,28,29,30)(H,31,32,33);;;/q;3*+1/p-2. The van der Waals surface area contributed by atoms with E-state index >= 15 is 0 Å². The molecule has 206 valence electrons. The molecule has 0 saturated heterocycles. The molecule has 0 amide bonds. The zero-order chi connectivity index (χ0) is 28.7. The van der Waals surface area contributed by atoms with E-state index in [4.69, 9.17) is 10.3 Å². The zero-order valence-electron chi connectivity index (χ0n) is 21.4. The van der Waals surface area contributed by atoms with Crippen LogP contribution in [-0.2, 0) is 44.7 Å². The summed E-state index contributed by atoms with van der Waals surface area (Å²) in [6.45, 7) is -0.856. The molecule has 4 N–H and O–H groups in total. The molecule has 3 aromatic carbocycles. The monoisotopic (exact) mass is 678 g/mol. The van der Waals surface area contributed by atoms with Gasteiger partial charge in [0.05, 0.1) is 38.4 Å². The van der Waals surface area contributed by atoms with Crippen molar-refractivity contribution in [2.75, 3.05) is 18.1 Å². The summed E-state index contributed by atoms with van der Waals surface area (Å²) in [6.07, 6.45) is 0. The van der Waals surface area contributed by atoms with Gasteiger partial charge in [0.15, 0.2) is 9.84 Å². The Morgan fingerprint density at radius 3 is 1.85 bits per heavy atom. The maximum absolute atomic E-state index is 12.2. The van der Waals surface area contributed by atoms with Gasteiger partial charge >= 0.3 is 99.1 Å². The molecule has 0 aromatic heterocycles. The molecule has 0 unspecified atom stereocenters. The predicted octanol–water partition coefficient (Wildman–Crippen LogP) is -8.04. The van der Waals surface area contributed by atoms with E-state index in [1.165, 1.54) is 0 Å². The van der Waals surface area contributed by atoms with Crippen LogP contribution in [0.15, 0.2) is 67.4 Å². The van der Waals surface area contributed by atoms with Gasteiger partial charge in [-0.3, -0.25) is 4.55 Å². The Morgan fingerprint density at radius 1 is 0.805 bits per heavy atom. The van der Waals surface area contributed by atoms with E-state index in [0.717, 1.165) is 24.3 Å². The van der Waals surface area contributed by atoms with Crippen LogP contribution < -0.4 is 94.4 Å². The van der Waals surface area contributed by atoms with E-state index in [1.807, 2.05) is 0 Å². The fraction of sp³-hybridized carbons (Fsp3) is 0.111. The van der Waals surface area contributed by atoms with Crippen LogP contribution in [0.3, 0.4) is 0 Å². The quantitative estimate of drug-likeness (QED) is 0.0820. The molecule has 41 heavy (non-hydrogen) atoms. The second-order valence-corrected chi connectivity index (χ2v) is 13.3. The largest absolute Gasteiger partial charge is 1.00 e. The summed E-state index contributed by atoms with van der Waals surface area (Å²) in [7, 11) is -19.3. The van der Waals surface area contributed by atoms with Crippen molar-refractivity contribution in [1.29, 1.82) is 0 Å². The first-order valence-electron chi connectivity index (χ1n) is 9.67. The van der Waals surface area contributed by atoms with Crippen molar-refractivity contribution < 1.29 is 145 Å². The normalized spacial score (nSPS) is 12.4. The van der Waals surface area contributed by atoms with Crippen molar-refractivity contribution in [3.05, 3.63) is 42.5 Å². The van der Waals surface area contributed by atoms with E-state index in [-0.39, 0.29) is 110 Å². The molecular weight excluding hydrogens is 663 g/mol. The number of azo groups is 1. The van der Waals surface area contributed by atoms with E-state index in [2.05, 4.69) is 14.4 Å². The number of benzene rings is 3. The summed E-state index contributed by atoms with van der Waals surface area (Å²) in [6, 6.07) is 6.26. The Bertz CT molecular complexity index is 1900. The number of nitrogen functional groups attached to an aromatic ring is 1. The number of phenolic OH excluding ortho intramolecular Hbond substituents is 1. The van der Waals surface area contributed by atoms with E-state index in [9.17, 15) is 47.9 Å². The van der Waals surface area contributed by atoms with Crippen LogP contribution in [0.25, 0.3) is 10.8 Å². The second kappa shape index (κ2) is 15.2. The van der Waals surface area contributed by atoms with E-state index in [0.29, 0.717) is 18.2 Å². The SMILES string of the molecule is Nc1c(N=Nc2ccc(S(=O)(=O)CCOS(=O)(=O)O)cc2)c(S(=O)(=O)[O-])cc2cc(S(=O)(=O)[O-])cc(O)c12.[Na+].[Na+].[Na+]. The summed E-state index contributed by atoms with van der Waals surface area (Å²) < 4.78 is 128. The molecule has 3 rings (SSSR count). The number of anilines is 1. The molecule has 0 spiro atoms. The number of nitrogens with zero attached hydrogens (tertiary/aromatic N) is 2. The Balaban J connectivity index is 0.00000533. The van der Waals surface area contributed by atoms with Gasteiger partial charge in [-0.25, -0.2) is 29.4 Å². The minimum absolute atomic E-state index is 0. The van der Waals surface area contributed by atoms with Crippen molar-refractivity contribution in [2.24, 2.45) is 10.2 Å². The fourth-order valence-corrected chi connectivity index (χ4v) is 5.80. The Morgan fingerprint density at radius 2 is 1.37 bits per heavy atom. The number of hydrogen-bond acceptors (Lipinski definition) is 15. The molecule has 0 heterocycles. The van der Waals surface area contributed by atoms with Gasteiger partial charge < -0.3 is 19.9 Å². The van der Waals surface area contributed by atoms with Crippen LogP contribution in [0, 0.1) is 0 Å². The summed E-state index contributed by atoms with van der Waals surface area (Å²) in [5, 5.41) is 16.9. The van der Waals surface area contributed by atoms with Gasteiger partial charge in [-0.1, -0.05) is 0 Å². The van der Waals surface area contributed by atoms with Crippen molar-refractivity contribution in [3.8, 4) is 5.75 Å². The molecule has 0 atom stereocenters. The number of nitrogens with two attached hydrogens (primary N) is 1. The number of phenols is 1. The fourth-order valence-electron chi connectivity index (χ4n) is 3.12. The molecule has 3 aromatic rings. The number of sulfone groups is 1. The Kier molecular flexibility index (Phi) is 15.1. The topological polar surface area (TPSA) is 283 Å². The third kappa shape index (κ3) is 10.7. The number of hydrogen-bond donors (Lipinski definition) is 3. The third-order valence-electron chi connectivity index (χ3n) is 4.77. The molecule has 0 aliphatic heterocycles. The second-order valence-electron chi connectivity index (χ2n) is 7.35. The van der Waals surface area contributed by atoms with Crippen molar-refractivity contribution in [3.63, 3.8) is 0 Å². The van der Waals surface area contributed by atoms with Gasteiger partial charge in [-0.2, -0.15) is 13.5 Å². The zero-order valence-corrected chi connectivity index (χ0v) is 30.7. The Labute approximate surface area is 301 Å². The average Bonchev–Trinajstić information content (AvgIpc) is 2.76. The molecule has 0 saturated carbocycles. The van der Waals surface area contributed by atoms with E-state index in [1.54, 1.807) is 0 Å². The molecule has 16 nitrogen and oxygen atoms in total. The first kappa shape index (κ1) is 40.8. The average molecular weight is 679 g/mol. The van der Waals surface area contributed by atoms with Gasteiger partial charge in [0.2, 0.25) is 0 Å². The van der Waals surface area contributed by atoms with Crippen LogP contribution >= 0.6 is 0 Å². The number of rotatable bonds is 9. The minimum Gasteiger partial charge on any atom is -0.744 e. The van der Waals surface area contributed by atoms with Crippen LogP contribution in [0.5, 0.6) is 5.75 Å². The molecule has 0 fully saturated rings. The van der Waals surface area contributed by atoms with Crippen molar-refractivity contribution >= 4 is 68.3 Å². The molecule has 0 radical (unpaired) electrons. The van der Waals surface area contributed by atoms with E-state index < -0.39 is 79.7 Å². The van der Waals surface area contributed by atoms with Crippen LogP contribution in [-0.4, -0.2) is 64.8 Å².